The van der Waals surface area contributed by atoms with E-state index in [-0.39, 0.29) is 18.3 Å². The zero-order valence-corrected chi connectivity index (χ0v) is 14.1. The van der Waals surface area contributed by atoms with Crippen LogP contribution in [0.25, 0.3) is 0 Å². The molecule has 0 saturated heterocycles. The summed E-state index contributed by atoms with van der Waals surface area (Å²) in [7, 11) is 0. The van der Waals surface area contributed by atoms with Crippen molar-refractivity contribution in [2.24, 2.45) is 5.41 Å². The first-order chi connectivity index (χ1) is 9.44. The molecule has 0 saturated carbocycles. The first kappa shape index (κ1) is 18.0. The lowest BCUT2D eigenvalue weighted by atomic mass is 9.90. The minimum absolute atomic E-state index is 0. The van der Waals surface area contributed by atoms with E-state index in [1.54, 1.807) is 0 Å². The van der Waals surface area contributed by atoms with E-state index in [0.29, 0.717) is 18.4 Å². The van der Waals surface area contributed by atoms with Crippen molar-refractivity contribution in [1.82, 2.24) is 10.6 Å². The Hall–Kier alpha value is -1.06. The molecular weight excluding hydrogens is 284 g/mol. The minimum atomic E-state index is 0. The Balaban J connectivity index is 0.00000220. The number of carbonyl (C=O) groups is 1. The van der Waals surface area contributed by atoms with Crippen LogP contribution in [0.15, 0.2) is 18.2 Å². The van der Waals surface area contributed by atoms with Gasteiger partial charge in [0.25, 0.3) is 0 Å². The molecule has 1 aromatic carbocycles. The van der Waals surface area contributed by atoms with Crippen molar-refractivity contribution in [2.45, 2.75) is 59.7 Å². The highest BCUT2D eigenvalue weighted by molar-refractivity contribution is 5.85. The van der Waals surface area contributed by atoms with Gasteiger partial charge in [-0.25, -0.2) is 0 Å². The van der Waals surface area contributed by atoms with Gasteiger partial charge in [0.1, 0.15) is 0 Å². The van der Waals surface area contributed by atoms with E-state index in [9.17, 15) is 4.79 Å². The van der Waals surface area contributed by atoms with Gasteiger partial charge in [0.2, 0.25) is 5.91 Å². The lowest BCUT2D eigenvalue weighted by molar-refractivity contribution is -0.121. The lowest BCUT2D eigenvalue weighted by Gasteiger charge is -2.17. The standard InChI is InChI=1S/C17H26N2O.ClH/c1-17(2,3)8-4-5-16(20)19-10-13-6-7-14-11-18-12-15(14)9-13;/h6-7,9,18H,4-5,8,10-12H2,1-3H3,(H,19,20);1H. The molecule has 3 nitrogen and oxygen atoms in total. The summed E-state index contributed by atoms with van der Waals surface area (Å²) in [5.74, 6) is 0.160. The predicted molar refractivity (Wildman–Crippen MR) is 89.4 cm³/mol. The summed E-state index contributed by atoms with van der Waals surface area (Å²) in [6.45, 7) is 9.19. The van der Waals surface area contributed by atoms with Crippen molar-refractivity contribution in [3.05, 3.63) is 34.9 Å². The summed E-state index contributed by atoms with van der Waals surface area (Å²) in [5, 5.41) is 6.35. The Morgan fingerprint density at radius 2 is 1.95 bits per heavy atom. The summed E-state index contributed by atoms with van der Waals surface area (Å²) in [6.07, 6.45) is 2.68. The topological polar surface area (TPSA) is 41.1 Å². The highest BCUT2D eigenvalue weighted by atomic mass is 35.5. The number of carbonyl (C=O) groups excluding carboxylic acids is 1. The fourth-order valence-corrected chi connectivity index (χ4v) is 2.53. The maximum atomic E-state index is 11.8. The number of rotatable bonds is 5. The Morgan fingerprint density at radius 3 is 2.67 bits per heavy atom. The molecule has 1 aliphatic rings. The minimum Gasteiger partial charge on any atom is -0.352 e. The van der Waals surface area contributed by atoms with Crippen LogP contribution in [0, 0.1) is 5.41 Å². The maximum Gasteiger partial charge on any atom is 0.220 e. The smallest absolute Gasteiger partial charge is 0.220 e. The van der Waals surface area contributed by atoms with Crippen molar-refractivity contribution in [1.29, 1.82) is 0 Å². The second kappa shape index (κ2) is 7.81. The Kier molecular flexibility index (Phi) is 6.69. The number of fused-ring (bicyclic) bond motifs is 1. The number of amides is 1. The van der Waals surface area contributed by atoms with Gasteiger partial charge in [0.15, 0.2) is 0 Å². The molecule has 0 bridgehead atoms. The number of benzene rings is 1. The van der Waals surface area contributed by atoms with Crippen molar-refractivity contribution < 1.29 is 4.79 Å². The molecule has 21 heavy (non-hydrogen) atoms. The Labute approximate surface area is 134 Å². The Morgan fingerprint density at radius 1 is 1.24 bits per heavy atom. The molecule has 0 unspecified atom stereocenters. The largest absolute Gasteiger partial charge is 0.352 e. The second-order valence-electron chi connectivity index (χ2n) is 6.90. The monoisotopic (exact) mass is 310 g/mol. The molecule has 1 heterocycles. The molecule has 118 valence electrons. The van der Waals surface area contributed by atoms with E-state index in [1.165, 1.54) is 16.7 Å². The van der Waals surface area contributed by atoms with Gasteiger partial charge in [-0.15, -0.1) is 12.4 Å². The fraction of sp³-hybridized carbons (Fsp3) is 0.588. The molecule has 4 heteroatoms. The summed E-state index contributed by atoms with van der Waals surface area (Å²) in [4.78, 5) is 11.8. The molecule has 1 aliphatic heterocycles. The molecule has 1 aromatic rings. The molecule has 0 radical (unpaired) electrons. The van der Waals surface area contributed by atoms with E-state index in [2.05, 4.69) is 49.6 Å². The summed E-state index contributed by atoms with van der Waals surface area (Å²) in [5.41, 5.74) is 4.25. The third kappa shape index (κ3) is 6.06. The van der Waals surface area contributed by atoms with Crippen LogP contribution in [0.4, 0.5) is 0 Å². The van der Waals surface area contributed by atoms with Crippen LogP contribution in [0.2, 0.25) is 0 Å². The quantitative estimate of drug-likeness (QED) is 0.873. The van der Waals surface area contributed by atoms with Gasteiger partial charge in [0, 0.05) is 26.1 Å². The van der Waals surface area contributed by atoms with E-state index in [4.69, 9.17) is 0 Å². The zero-order chi connectivity index (χ0) is 14.6. The van der Waals surface area contributed by atoms with Crippen LogP contribution in [-0.4, -0.2) is 5.91 Å². The molecule has 0 spiro atoms. The van der Waals surface area contributed by atoms with Crippen molar-refractivity contribution in [3.63, 3.8) is 0 Å². The second-order valence-corrected chi connectivity index (χ2v) is 6.90. The average molecular weight is 311 g/mol. The first-order valence-corrected chi connectivity index (χ1v) is 7.52. The first-order valence-electron chi connectivity index (χ1n) is 7.52. The summed E-state index contributed by atoms with van der Waals surface area (Å²) >= 11 is 0. The van der Waals surface area contributed by atoms with Gasteiger partial charge in [0.05, 0.1) is 0 Å². The molecule has 0 fully saturated rings. The van der Waals surface area contributed by atoms with E-state index in [1.807, 2.05) is 0 Å². The lowest BCUT2D eigenvalue weighted by Crippen LogP contribution is -2.22. The highest BCUT2D eigenvalue weighted by Crippen LogP contribution is 2.21. The van der Waals surface area contributed by atoms with E-state index < -0.39 is 0 Å². The molecule has 0 atom stereocenters. The van der Waals surface area contributed by atoms with Gasteiger partial charge < -0.3 is 10.6 Å². The zero-order valence-electron chi connectivity index (χ0n) is 13.3. The molecule has 0 aliphatic carbocycles. The molecule has 2 rings (SSSR count). The fourth-order valence-electron chi connectivity index (χ4n) is 2.53. The number of nitrogens with one attached hydrogen (secondary N) is 2. The van der Waals surface area contributed by atoms with Gasteiger partial charge >= 0.3 is 0 Å². The van der Waals surface area contributed by atoms with Gasteiger partial charge in [-0.1, -0.05) is 39.0 Å². The molecular formula is C17H27ClN2O. The van der Waals surface area contributed by atoms with E-state index >= 15 is 0 Å². The normalized spacial score (nSPS) is 13.5. The van der Waals surface area contributed by atoms with Crippen LogP contribution in [0.5, 0.6) is 0 Å². The van der Waals surface area contributed by atoms with Crippen LogP contribution in [0.1, 0.15) is 56.7 Å². The van der Waals surface area contributed by atoms with Crippen LogP contribution in [-0.2, 0) is 24.4 Å². The maximum absolute atomic E-state index is 11.8. The summed E-state index contributed by atoms with van der Waals surface area (Å²) < 4.78 is 0. The van der Waals surface area contributed by atoms with Crippen molar-refractivity contribution in [2.75, 3.05) is 0 Å². The van der Waals surface area contributed by atoms with Gasteiger partial charge in [-0.2, -0.15) is 0 Å². The third-order valence-electron chi connectivity index (χ3n) is 3.72. The predicted octanol–water partition coefficient (Wildman–Crippen LogP) is 3.54. The van der Waals surface area contributed by atoms with E-state index in [0.717, 1.165) is 25.9 Å². The Bertz CT molecular complexity index is 480. The van der Waals surface area contributed by atoms with Crippen molar-refractivity contribution in [3.8, 4) is 0 Å². The molecule has 0 aromatic heterocycles. The molecule has 2 N–H and O–H groups in total. The summed E-state index contributed by atoms with van der Waals surface area (Å²) in [6, 6.07) is 6.47. The molecule has 1 amide bonds. The van der Waals surface area contributed by atoms with Crippen LogP contribution in [0.3, 0.4) is 0 Å². The van der Waals surface area contributed by atoms with Gasteiger partial charge in [-0.05, 0) is 34.9 Å². The average Bonchev–Trinajstić information content (AvgIpc) is 2.82. The number of hydrogen-bond acceptors (Lipinski definition) is 2. The van der Waals surface area contributed by atoms with Crippen LogP contribution >= 0.6 is 12.4 Å². The van der Waals surface area contributed by atoms with Crippen LogP contribution < -0.4 is 10.6 Å². The SMILES string of the molecule is CC(C)(C)CCCC(=O)NCc1ccc2c(c1)CNC2.Cl. The van der Waals surface area contributed by atoms with Crippen molar-refractivity contribution >= 4 is 18.3 Å². The highest BCUT2D eigenvalue weighted by Gasteiger charge is 2.12. The third-order valence-corrected chi connectivity index (χ3v) is 3.72. The number of halogens is 1. The van der Waals surface area contributed by atoms with Gasteiger partial charge in [-0.3, -0.25) is 4.79 Å². The number of hydrogen-bond donors (Lipinski definition) is 2.